The number of rotatable bonds is 5. The maximum Gasteiger partial charge on any atom is 0.304 e. The summed E-state index contributed by atoms with van der Waals surface area (Å²) in [4.78, 5) is 13.5. The van der Waals surface area contributed by atoms with Gasteiger partial charge in [-0.3, -0.25) is 10.1 Å². The molecule has 0 aromatic carbocycles. The lowest BCUT2D eigenvalue weighted by atomic mass is 9.89. The van der Waals surface area contributed by atoms with Gasteiger partial charge >= 0.3 is 5.69 Å². The van der Waals surface area contributed by atoms with Crippen LogP contribution in [0.25, 0.3) is 0 Å². The summed E-state index contributed by atoms with van der Waals surface area (Å²) in [6.07, 6.45) is 5.62. The van der Waals surface area contributed by atoms with Crippen LogP contribution in [-0.4, -0.2) is 23.6 Å². The number of nitro groups is 1. The minimum atomic E-state index is -0.657. The van der Waals surface area contributed by atoms with Crippen LogP contribution in [-0.2, 0) is 0 Å². The molecule has 1 N–H and O–H groups in total. The van der Waals surface area contributed by atoms with Gasteiger partial charge in [-0.1, -0.05) is 19.3 Å². The summed E-state index contributed by atoms with van der Waals surface area (Å²) in [7, 11) is 1.92. The van der Waals surface area contributed by atoms with Gasteiger partial charge in [0.05, 0.1) is 11.0 Å². The number of thiophene rings is 1. The van der Waals surface area contributed by atoms with E-state index in [1.165, 1.54) is 49.5 Å². The zero-order valence-electron chi connectivity index (χ0n) is 12.0. The van der Waals surface area contributed by atoms with Crippen LogP contribution in [0.15, 0.2) is 6.07 Å². The third kappa shape index (κ3) is 3.49. The Morgan fingerprint density at radius 3 is 2.70 bits per heavy atom. The molecule has 112 valence electrons. The fourth-order valence-electron chi connectivity index (χ4n) is 2.84. The van der Waals surface area contributed by atoms with Crippen molar-refractivity contribution in [2.45, 2.75) is 45.1 Å². The summed E-state index contributed by atoms with van der Waals surface area (Å²) < 4.78 is 0. The first-order valence-electron chi connectivity index (χ1n) is 7.16. The minimum Gasteiger partial charge on any atom is -0.388 e. The molecule has 1 aliphatic carbocycles. The molecule has 0 saturated heterocycles. The van der Waals surface area contributed by atoms with Gasteiger partial charge in [0, 0.05) is 24.5 Å². The van der Waals surface area contributed by atoms with E-state index in [0.29, 0.717) is 15.8 Å². The van der Waals surface area contributed by atoms with Crippen molar-refractivity contribution < 1.29 is 10.0 Å². The Labute approximate surface area is 123 Å². The summed E-state index contributed by atoms with van der Waals surface area (Å²) in [6, 6.07) is 1.50. The van der Waals surface area contributed by atoms with Crippen molar-refractivity contribution >= 4 is 22.0 Å². The van der Waals surface area contributed by atoms with Crippen LogP contribution in [0.3, 0.4) is 0 Å². The van der Waals surface area contributed by atoms with Gasteiger partial charge in [0.2, 0.25) is 0 Å². The molecule has 0 bridgehead atoms. The molecule has 1 aromatic heterocycles. The van der Waals surface area contributed by atoms with Crippen LogP contribution in [0, 0.1) is 16.0 Å². The smallest absolute Gasteiger partial charge is 0.304 e. The van der Waals surface area contributed by atoms with E-state index in [1.54, 1.807) is 6.92 Å². The Hall–Kier alpha value is -1.14. The van der Waals surface area contributed by atoms with Crippen LogP contribution >= 0.6 is 11.3 Å². The Morgan fingerprint density at radius 2 is 2.15 bits per heavy atom. The zero-order valence-corrected chi connectivity index (χ0v) is 12.9. The Morgan fingerprint density at radius 1 is 1.50 bits per heavy atom. The zero-order chi connectivity index (χ0) is 14.7. The van der Waals surface area contributed by atoms with Crippen molar-refractivity contribution in [3.05, 3.63) is 21.1 Å². The molecule has 2 rings (SSSR count). The van der Waals surface area contributed by atoms with E-state index < -0.39 is 6.10 Å². The van der Waals surface area contributed by atoms with Gasteiger partial charge in [-0.2, -0.15) is 0 Å². The number of aliphatic hydroxyl groups is 1. The number of anilines is 1. The predicted octanol–water partition coefficient (Wildman–Crippen LogP) is 3.73. The summed E-state index contributed by atoms with van der Waals surface area (Å²) in [5, 5.41) is 21.4. The number of hydrogen-bond acceptors (Lipinski definition) is 5. The van der Waals surface area contributed by atoms with Crippen molar-refractivity contribution in [1.29, 1.82) is 0 Å². The van der Waals surface area contributed by atoms with Crippen LogP contribution < -0.4 is 4.90 Å². The average molecular weight is 298 g/mol. The van der Waals surface area contributed by atoms with Crippen molar-refractivity contribution in [2.75, 3.05) is 18.5 Å². The third-order valence-corrected chi connectivity index (χ3v) is 5.33. The topological polar surface area (TPSA) is 66.6 Å². The van der Waals surface area contributed by atoms with E-state index in [1.807, 2.05) is 11.9 Å². The van der Waals surface area contributed by atoms with Gasteiger partial charge in [-0.25, -0.2) is 0 Å². The number of hydrogen-bond donors (Lipinski definition) is 1. The fraction of sp³-hybridized carbons (Fsp3) is 0.714. The molecule has 1 heterocycles. The van der Waals surface area contributed by atoms with Crippen LogP contribution in [0.1, 0.15) is 50.0 Å². The normalized spacial score (nSPS) is 17.9. The van der Waals surface area contributed by atoms with Gasteiger partial charge in [-0.05, 0) is 25.7 Å². The predicted molar refractivity (Wildman–Crippen MR) is 81.5 cm³/mol. The first kappa shape index (κ1) is 15.3. The SMILES string of the molecule is CC(O)c1cc([N+](=O)[O-])c(N(C)CC2CCCCC2)s1. The molecule has 1 atom stereocenters. The molecule has 0 radical (unpaired) electrons. The molecule has 20 heavy (non-hydrogen) atoms. The van der Waals surface area contributed by atoms with Crippen LogP contribution in [0.4, 0.5) is 10.7 Å². The van der Waals surface area contributed by atoms with Crippen molar-refractivity contribution in [3.8, 4) is 0 Å². The lowest BCUT2D eigenvalue weighted by Crippen LogP contribution is -2.26. The Bertz CT molecular complexity index is 467. The van der Waals surface area contributed by atoms with E-state index >= 15 is 0 Å². The van der Waals surface area contributed by atoms with Gasteiger partial charge in [0.25, 0.3) is 0 Å². The van der Waals surface area contributed by atoms with E-state index in [0.717, 1.165) is 6.54 Å². The van der Waals surface area contributed by atoms with E-state index in [4.69, 9.17) is 0 Å². The van der Waals surface area contributed by atoms with E-state index in [2.05, 4.69) is 0 Å². The first-order chi connectivity index (χ1) is 9.49. The molecule has 1 aliphatic rings. The standard InChI is InChI=1S/C14H22N2O3S/c1-10(17)13-8-12(16(18)19)14(20-13)15(2)9-11-6-4-3-5-7-11/h8,10-11,17H,3-7,9H2,1-2H3. The quantitative estimate of drug-likeness (QED) is 0.664. The molecular weight excluding hydrogens is 276 g/mol. The lowest BCUT2D eigenvalue weighted by molar-refractivity contribution is -0.383. The second kappa shape index (κ2) is 6.54. The molecule has 1 unspecified atom stereocenters. The molecule has 1 fully saturated rings. The van der Waals surface area contributed by atoms with Gasteiger partial charge in [-0.15, -0.1) is 11.3 Å². The molecule has 0 spiro atoms. The number of aliphatic hydroxyl groups excluding tert-OH is 1. The largest absolute Gasteiger partial charge is 0.388 e. The van der Waals surface area contributed by atoms with Gasteiger partial charge in [0.1, 0.15) is 0 Å². The van der Waals surface area contributed by atoms with Gasteiger partial charge < -0.3 is 10.0 Å². The highest BCUT2D eigenvalue weighted by molar-refractivity contribution is 7.16. The van der Waals surface area contributed by atoms with E-state index in [9.17, 15) is 15.2 Å². The molecule has 5 nitrogen and oxygen atoms in total. The highest BCUT2D eigenvalue weighted by atomic mass is 32.1. The van der Waals surface area contributed by atoms with Crippen LogP contribution in [0.2, 0.25) is 0 Å². The second-order valence-electron chi connectivity index (χ2n) is 5.66. The van der Waals surface area contributed by atoms with Gasteiger partial charge in [0.15, 0.2) is 5.00 Å². The molecule has 6 heteroatoms. The Kier molecular flexibility index (Phi) is 4.99. The summed E-state index contributed by atoms with van der Waals surface area (Å²) in [5.41, 5.74) is 0.115. The first-order valence-corrected chi connectivity index (χ1v) is 7.98. The molecule has 0 aliphatic heterocycles. The summed E-state index contributed by atoms with van der Waals surface area (Å²) in [6.45, 7) is 2.50. The second-order valence-corrected chi connectivity index (χ2v) is 6.72. The molecular formula is C14H22N2O3S. The van der Waals surface area contributed by atoms with E-state index in [-0.39, 0.29) is 10.6 Å². The minimum absolute atomic E-state index is 0.115. The summed E-state index contributed by atoms with van der Waals surface area (Å²) >= 11 is 1.33. The molecule has 1 aromatic rings. The van der Waals surface area contributed by atoms with Crippen molar-refractivity contribution in [3.63, 3.8) is 0 Å². The fourth-order valence-corrected chi connectivity index (χ4v) is 3.87. The average Bonchev–Trinajstić information content (AvgIpc) is 2.85. The number of nitrogens with zero attached hydrogens (tertiary/aromatic N) is 2. The molecule has 1 saturated carbocycles. The van der Waals surface area contributed by atoms with Crippen molar-refractivity contribution in [2.24, 2.45) is 5.92 Å². The maximum atomic E-state index is 11.2. The highest BCUT2D eigenvalue weighted by Crippen LogP contribution is 2.40. The monoisotopic (exact) mass is 298 g/mol. The third-order valence-electron chi connectivity index (χ3n) is 3.92. The summed E-state index contributed by atoms with van der Waals surface area (Å²) in [5.74, 6) is 0.630. The highest BCUT2D eigenvalue weighted by Gasteiger charge is 2.25. The van der Waals surface area contributed by atoms with Crippen LogP contribution in [0.5, 0.6) is 0 Å². The maximum absolute atomic E-state index is 11.2. The lowest BCUT2D eigenvalue weighted by Gasteiger charge is -2.27. The molecule has 0 amide bonds. The Balaban J connectivity index is 2.14. The van der Waals surface area contributed by atoms with Crippen molar-refractivity contribution in [1.82, 2.24) is 0 Å².